The summed E-state index contributed by atoms with van der Waals surface area (Å²) in [5, 5.41) is 0. The highest BCUT2D eigenvalue weighted by atomic mass is 32.2. The largest absolute Gasteiger partial charge is 0.143 e. The van der Waals surface area contributed by atoms with Gasteiger partial charge < -0.3 is 0 Å². The summed E-state index contributed by atoms with van der Waals surface area (Å²) in [7, 11) is 0. The van der Waals surface area contributed by atoms with Gasteiger partial charge in [-0.05, 0) is 77.2 Å². The molecule has 170 valence electrons. The van der Waals surface area contributed by atoms with Gasteiger partial charge in [0.15, 0.2) is 0 Å². The molecule has 6 rings (SSSR count). The van der Waals surface area contributed by atoms with Gasteiger partial charge in [-0.2, -0.15) is 0 Å². The van der Waals surface area contributed by atoms with Crippen molar-refractivity contribution in [2.45, 2.75) is 65.9 Å². The number of hydrogen-bond acceptors (Lipinski definition) is 5. The minimum absolute atomic E-state index is 0.307. The first-order chi connectivity index (χ1) is 16.2. The molecule has 2 heterocycles. The Morgan fingerprint density at radius 2 is 0.824 bits per heavy atom. The molecule has 0 N–H and O–H groups in total. The predicted octanol–water partition coefficient (Wildman–Crippen LogP) is 9.10. The van der Waals surface area contributed by atoms with E-state index < -0.39 is 0 Å². The second-order valence-corrected chi connectivity index (χ2v) is 13.2. The monoisotopic (exact) mass is 532 g/mol. The smallest absolute Gasteiger partial charge is 0.0332 e. The standard InChI is InChI=1S/C29H24S5/c1-16-4-8-20-24(12-16)33-25-13-17(30)5-9-21(25)28(20,2)29(3)22-10-6-18(31)14-26(22)34-27-15-19(32)7-11-23(27)29/h4-15,30-32H,1-3H3. The van der Waals surface area contributed by atoms with E-state index in [9.17, 15) is 0 Å². The van der Waals surface area contributed by atoms with Crippen LogP contribution in [-0.4, -0.2) is 0 Å². The molecule has 0 spiro atoms. The topological polar surface area (TPSA) is 0 Å². The second-order valence-electron chi connectivity index (χ2n) is 9.50. The Morgan fingerprint density at radius 3 is 1.21 bits per heavy atom. The van der Waals surface area contributed by atoms with Crippen LogP contribution in [-0.2, 0) is 10.8 Å². The quantitative estimate of drug-likeness (QED) is 0.209. The first-order valence-electron chi connectivity index (χ1n) is 11.2. The van der Waals surface area contributed by atoms with Gasteiger partial charge in [0.2, 0.25) is 0 Å². The SMILES string of the molecule is Cc1ccc2c(c1)Sc1cc(S)ccc1C2(C)C1(C)c2ccc(S)cc2Sc2cc(S)ccc21. The number of rotatable bonds is 1. The Morgan fingerprint density at radius 1 is 0.500 bits per heavy atom. The number of aryl methyl sites for hydroxylation is 1. The third kappa shape index (κ3) is 3.20. The molecule has 0 aromatic heterocycles. The lowest BCUT2D eigenvalue weighted by Gasteiger charge is -2.53. The molecule has 5 heteroatoms. The maximum Gasteiger partial charge on any atom is 0.0332 e. The Kier molecular flexibility index (Phi) is 5.47. The summed E-state index contributed by atoms with van der Waals surface area (Å²) in [5.41, 5.74) is 6.07. The van der Waals surface area contributed by atoms with Crippen molar-refractivity contribution < 1.29 is 0 Å². The van der Waals surface area contributed by atoms with E-state index in [0.717, 1.165) is 14.7 Å². The molecule has 4 aromatic carbocycles. The maximum absolute atomic E-state index is 4.69. The predicted molar refractivity (Wildman–Crippen MR) is 153 cm³/mol. The van der Waals surface area contributed by atoms with E-state index in [-0.39, 0.29) is 10.8 Å². The minimum Gasteiger partial charge on any atom is -0.143 e. The van der Waals surface area contributed by atoms with Crippen molar-refractivity contribution in [3.8, 4) is 0 Å². The fraction of sp³-hybridized carbons (Fsp3) is 0.172. The summed E-state index contributed by atoms with van der Waals surface area (Å²) >= 11 is 17.8. The molecule has 0 saturated heterocycles. The van der Waals surface area contributed by atoms with Gasteiger partial charge in [0.05, 0.1) is 0 Å². The summed E-state index contributed by atoms with van der Waals surface area (Å²) in [4.78, 5) is 8.11. The molecule has 0 nitrogen and oxygen atoms in total. The van der Waals surface area contributed by atoms with Crippen LogP contribution >= 0.6 is 61.4 Å². The molecule has 0 fully saturated rings. The van der Waals surface area contributed by atoms with Crippen LogP contribution in [0.1, 0.15) is 41.7 Å². The van der Waals surface area contributed by atoms with Crippen molar-refractivity contribution >= 4 is 61.4 Å². The van der Waals surface area contributed by atoms with Crippen molar-refractivity contribution in [3.05, 3.63) is 101 Å². The zero-order valence-electron chi connectivity index (χ0n) is 19.1. The van der Waals surface area contributed by atoms with E-state index in [4.69, 9.17) is 12.6 Å². The van der Waals surface area contributed by atoms with E-state index in [2.05, 4.69) is 119 Å². The van der Waals surface area contributed by atoms with Gasteiger partial charge in [0.1, 0.15) is 0 Å². The summed E-state index contributed by atoms with van der Waals surface area (Å²) in [6.45, 7) is 7.04. The van der Waals surface area contributed by atoms with E-state index in [1.807, 2.05) is 23.5 Å². The molecule has 2 aliphatic heterocycles. The summed E-state index contributed by atoms with van der Waals surface area (Å²) in [6.07, 6.45) is 0. The van der Waals surface area contributed by atoms with Crippen LogP contribution < -0.4 is 0 Å². The zero-order chi connectivity index (χ0) is 23.8. The summed E-state index contributed by atoms with van der Waals surface area (Å²) < 4.78 is 0. The molecule has 0 bridgehead atoms. The van der Waals surface area contributed by atoms with Gasteiger partial charge in [-0.25, -0.2) is 0 Å². The third-order valence-corrected chi connectivity index (χ3v) is 10.7. The lowest BCUT2D eigenvalue weighted by Crippen LogP contribution is -2.49. The van der Waals surface area contributed by atoms with Gasteiger partial charge in [-0.1, -0.05) is 67.7 Å². The number of fused-ring (bicyclic) bond motifs is 4. The van der Waals surface area contributed by atoms with Gasteiger partial charge in [0.25, 0.3) is 0 Å². The van der Waals surface area contributed by atoms with Crippen LogP contribution in [0.4, 0.5) is 0 Å². The Bertz CT molecular complexity index is 1270. The first-order valence-corrected chi connectivity index (χ1v) is 14.2. The average molecular weight is 533 g/mol. The van der Waals surface area contributed by atoms with Gasteiger partial charge in [-0.3, -0.25) is 0 Å². The zero-order valence-corrected chi connectivity index (χ0v) is 23.4. The van der Waals surface area contributed by atoms with Crippen molar-refractivity contribution in [2.24, 2.45) is 0 Å². The van der Waals surface area contributed by atoms with Crippen molar-refractivity contribution in [1.82, 2.24) is 0 Å². The van der Waals surface area contributed by atoms with Crippen LogP contribution in [0.5, 0.6) is 0 Å². The fourth-order valence-electron chi connectivity index (χ4n) is 5.76. The Labute approximate surface area is 226 Å². The van der Waals surface area contributed by atoms with Crippen molar-refractivity contribution in [1.29, 1.82) is 0 Å². The van der Waals surface area contributed by atoms with Gasteiger partial charge in [-0.15, -0.1) is 37.9 Å². The highest BCUT2D eigenvalue weighted by Crippen LogP contribution is 2.64. The van der Waals surface area contributed by atoms with Crippen LogP contribution in [0.2, 0.25) is 0 Å². The third-order valence-electron chi connectivity index (χ3n) is 7.63. The van der Waals surface area contributed by atoms with E-state index in [1.165, 1.54) is 47.4 Å². The molecular weight excluding hydrogens is 509 g/mol. The van der Waals surface area contributed by atoms with Crippen LogP contribution in [0, 0.1) is 6.92 Å². The van der Waals surface area contributed by atoms with Gasteiger partial charge >= 0.3 is 0 Å². The van der Waals surface area contributed by atoms with Crippen LogP contribution in [0.25, 0.3) is 0 Å². The second kappa shape index (κ2) is 8.07. The molecule has 0 radical (unpaired) electrons. The molecule has 2 aliphatic rings. The molecule has 1 atom stereocenters. The molecule has 0 saturated carbocycles. The highest BCUT2D eigenvalue weighted by molar-refractivity contribution is 7.99. The number of hydrogen-bond donors (Lipinski definition) is 3. The Balaban J connectivity index is 1.76. The highest BCUT2D eigenvalue weighted by Gasteiger charge is 2.55. The molecular formula is C29H24S5. The van der Waals surface area contributed by atoms with E-state index >= 15 is 0 Å². The van der Waals surface area contributed by atoms with Gasteiger partial charge in [0, 0.05) is 45.1 Å². The van der Waals surface area contributed by atoms with Crippen molar-refractivity contribution in [3.63, 3.8) is 0 Å². The molecule has 34 heavy (non-hydrogen) atoms. The fourth-order valence-corrected chi connectivity index (χ4v) is 9.43. The lowest BCUT2D eigenvalue weighted by atomic mass is 9.53. The maximum atomic E-state index is 4.69. The summed E-state index contributed by atoms with van der Waals surface area (Å²) in [6, 6.07) is 26.9. The average Bonchev–Trinajstić information content (AvgIpc) is 2.78. The molecule has 0 aliphatic carbocycles. The molecule has 1 unspecified atom stereocenters. The number of thiol groups is 3. The molecule has 4 aromatic rings. The van der Waals surface area contributed by atoms with Crippen LogP contribution in [0.3, 0.4) is 0 Å². The van der Waals surface area contributed by atoms with E-state index in [1.54, 1.807) is 0 Å². The first kappa shape index (κ1) is 23.1. The Hall–Kier alpha value is -1.37. The van der Waals surface area contributed by atoms with Crippen LogP contribution in [0.15, 0.2) is 107 Å². The molecule has 0 amide bonds. The number of benzene rings is 4. The van der Waals surface area contributed by atoms with E-state index in [0.29, 0.717) is 0 Å². The minimum atomic E-state index is -0.316. The van der Waals surface area contributed by atoms with Crippen molar-refractivity contribution in [2.75, 3.05) is 0 Å². The lowest BCUT2D eigenvalue weighted by molar-refractivity contribution is 0.335. The normalized spacial score (nSPS) is 19.6. The summed E-state index contributed by atoms with van der Waals surface area (Å²) in [5.74, 6) is 0.